The summed E-state index contributed by atoms with van der Waals surface area (Å²) in [6.07, 6.45) is 2.51. The van der Waals surface area contributed by atoms with Crippen molar-refractivity contribution in [3.63, 3.8) is 0 Å². The summed E-state index contributed by atoms with van der Waals surface area (Å²) in [6, 6.07) is 8.31. The van der Waals surface area contributed by atoms with Gasteiger partial charge >= 0.3 is 0 Å². The average molecular weight is 278 g/mol. The van der Waals surface area contributed by atoms with Gasteiger partial charge in [-0.1, -0.05) is 17.7 Å². The molecule has 1 aromatic rings. The molecule has 102 valence electrons. The van der Waals surface area contributed by atoms with E-state index in [4.69, 9.17) is 16.9 Å². The van der Waals surface area contributed by atoms with Crippen LogP contribution in [0.15, 0.2) is 18.2 Å². The van der Waals surface area contributed by atoms with Crippen molar-refractivity contribution in [1.29, 1.82) is 5.26 Å². The number of nitrogens with zero attached hydrogens (tertiary/aromatic N) is 3. The molecule has 19 heavy (non-hydrogen) atoms. The molecule has 0 aliphatic carbocycles. The van der Waals surface area contributed by atoms with E-state index < -0.39 is 0 Å². The Morgan fingerprint density at radius 1 is 1.47 bits per heavy atom. The molecule has 0 spiro atoms. The van der Waals surface area contributed by atoms with Crippen molar-refractivity contribution in [2.24, 2.45) is 0 Å². The molecule has 0 bridgehead atoms. The van der Waals surface area contributed by atoms with Crippen LogP contribution in [-0.4, -0.2) is 43.0 Å². The summed E-state index contributed by atoms with van der Waals surface area (Å²) in [7, 11) is 4.23. The smallest absolute Gasteiger partial charge is 0.0992 e. The van der Waals surface area contributed by atoms with Gasteiger partial charge in [-0.05, 0) is 51.2 Å². The highest BCUT2D eigenvalue weighted by atomic mass is 35.5. The Kier molecular flexibility index (Phi) is 4.81. The highest BCUT2D eigenvalue weighted by molar-refractivity contribution is 6.31. The number of halogens is 1. The Labute approximate surface area is 120 Å². The third-order valence-electron chi connectivity index (χ3n) is 3.63. The predicted octanol–water partition coefficient (Wildman–Crippen LogP) is 2.74. The fraction of sp³-hybridized carbons (Fsp3) is 0.533. The number of rotatable bonds is 4. The average Bonchev–Trinajstić information content (AvgIpc) is 2.78. The molecule has 1 aromatic carbocycles. The Morgan fingerprint density at radius 3 is 2.89 bits per heavy atom. The van der Waals surface area contributed by atoms with Crippen LogP contribution in [0.2, 0.25) is 5.02 Å². The van der Waals surface area contributed by atoms with Gasteiger partial charge in [-0.3, -0.25) is 4.90 Å². The highest BCUT2D eigenvalue weighted by Crippen LogP contribution is 2.24. The molecular weight excluding hydrogens is 258 g/mol. The van der Waals surface area contributed by atoms with Crippen LogP contribution in [0.1, 0.15) is 24.0 Å². The van der Waals surface area contributed by atoms with Gasteiger partial charge in [-0.15, -0.1) is 0 Å². The molecule has 0 saturated carbocycles. The second kappa shape index (κ2) is 6.38. The standard InChI is InChI=1S/C15H20ClN3/c1-18(2)11-14-4-3-7-19(14)10-13-6-5-12(9-17)8-15(13)16/h5-6,8,14H,3-4,7,10-11H2,1-2H3. The number of likely N-dealkylation sites (N-methyl/N-ethyl adjacent to an activating group) is 1. The van der Waals surface area contributed by atoms with Gasteiger partial charge in [0.25, 0.3) is 0 Å². The molecule has 1 fully saturated rings. The van der Waals surface area contributed by atoms with Crippen LogP contribution in [0.25, 0.3) is 0 Å². The number of hydrogen-bond donors (Lipinski definition) is 0. The molecule has 2 rings (SSSR count). The summed E-state index contributed by atoms with van der Waals surface area (Å²) < 4.78 is 0. The van der Waals surface area contributed by atoms with Crippen molar-refractivity contribution in [3.05, 3.63) is 34.3 Å². The van der Waals surface area contributed by atoms with Crippen LogP contribution in [0.5, 0.6) is 0 Å². The van der Waals surface area contributed by atoms with Gasteiger partial charge in [0.2, 0.25) is 0 Å². The topological polar surface area (TPSA) is 30.3 Å². The van der Waals surface area contributed by atoms with Crippen LogP contribution >= 0.6 is 11.6 Å². The minimum absolute atomic E-state index is 0.613. The maximum absolute atomic E-state index is 8.85. The number of benzene rings is 1. The number of likely N-dealkylation sites (tertiary alicyclic amines) is 1. The van der Waals surface area contributed by atoms with Crippen LogP contribution in [0, 0.1) is 11.3 Å². The largest absolute Gasteiger partial charge is 0.308 e. The lowest BCUT2D eigenvalue weighted by molar-refractivity contribution is 0.201. The first kappa shape index (κ1) is 14.3. The Balaban J connectivity index is 2.06. The Bertz CT molecular complexity index is 479. The summed E-state index contributed by atoms with van der Waals surface area (Å²) in [6.45, 7) is 3.10. The maximum atomic E-state index is 8.85. The van der Waals surface area contributed by atoms with Crippen molar-refractivity contribution in [2.45, 2.75) is 25.4 Å². The lowest BCUT2D eigenvalue weighted by Crippen LogP contribution is -2.37. The molecular formula is C15H20ClN3. The third kappa shape index (κ3) is 3.70. The van der Waals surface area contributed by atoms with Crippen molar-refractivity contribution in [2.75, 3.05) is 27.2 Å². The minimum Gasteiger partial charge on any atom is -0.308 e. The molecule has 1 heterocycles. The first-order valence-electron chi connectivity index (χ1n) is 6.67. The lowest BCUT2D eigenvalue weighted by Gasteiger charge is -2.27. The van der Waals surface area contributed by atoms with E-state index in [9.17, 15) is 0 Å². The SMILES string of the molecule is CN(C)CC1CCCN1Cc1ccc(C#N)cc1Cl. The molecule has 1 aliphatic heterocycles. The highest BCUT2D eigenvalue weighted by Gasteiger charge is 2.25. The Morgan fingerprint density at radius 2 is 2.26 bits per heavy atom. The summed E-state index contributed by atoms with van der Waals surface area (Å²) in [5.41, 5.74) is 1.74. The molecule has 0 N–H and O–H groups in total. The zero-order chi connectivity index (χ0) is 13.8. The first-order chi connectivity index (χ1) is 9.10. The second-order valence-electron chi connectivity index (χ2n) is 5.45. The Hall–Kier alpha value is -1.08. The molecule has 0 amide bonds. The van der Waals surface area contributed by atoms with Gasteiger partial charge in [0.15, 0.2) is 0 Å². The van der Waals surface area contributed by atoms with E-state index >= 15 is 0 Å². The lowest BCUT2D eigenvalue weighted by atomic mass is 10.1. The van der Waals surface area contributed by atoms with Gasteiger partial charge in [-0.25, -0.2) is 0 Å². The zero-order valence-corrected chi connectivity index (χ0v) is 12.3. The van der Waals surface area contributed by atoms with Crippen LogP contribution in [0.4, 0.5) is 0 Å². The monoisotopic (exact) mass is 277 g/mol. The van der Waals surface area contributed by atoms with Crippen molar-refractivity contribution < 1.29 is 0 Å². The van der Waals surface area contributed by atoms with Gasteiger partial charge < -0.3 is 4.90 Å². The van der Waals surface area contributed by atoms with E-state index in [0.717, 1.165) is 25.2 Å². The third-order valence-corrected chi connectivity index (χ3v) is 3.98. The predicted molar refractivity (Wildman–Crippen MR) is 78.2 cm³/mol. The molecule has 0 radical (unpaired) electrons. The van der Waals surface area contributed by atoms with Gasteiger partial charge in [-0.2, -0.15) is 5.26 Å². The summed E-state index contributed by atoms with van der Waals surface area (Å²) >= 11 is 6.25. The molecule has 3 nitrogen and oxygen atoms in total. The quantitative estimate of drug-likeness (QED) is 0.848. The van der Waals surface area contributed by atoms with E-state index in [1.165, 1.54) is 12.8 Å². The zero-order valence-electron chi connectivity index (χ0n) is 11.6. The molecule has 4 heteroatoms. The van der Waals surface area contributed by atoms with E-state index in [2.05, 4.69) is 30.0 Å². The van der Waals surface area contributed by atoms with Crippen LogP contribution in [-0.2, 0) is 6.54 Å². The van der Waals surface area contributed by atoms with E-state index in [1.807, 2.05) is 12.1 Å². The van der Waals surface area contributed by atoms with Crippen molar-refractivity contribution in [3.8, 4) is 6.07 Å². The second-order valence-corrected chi connectivity index (χ2v) is 5.85. The van der Waals surface area contributed by atoms with Crippen molar-refractivity contribution >= 4 is 11.6 Å². The van der Waals surface area contributed by atoms with Crippen molar-refractivity contribution in [1.82, 2.24) is 9.80 Å². The fourth-order valence-electron chi connectivity index (χ4n) is 2.70. The summed E-state index contributed by atoms with van der Waals surface area (Å²) in [5.74, 6) is 0. The van der Waals surface area contributed by atoms with Gasteiger partial charge in [0, 0.05) is 24.2 Å². The molecule has 1 aliphatic rings. The first-order valence-corrected chi connectivity index (χ1v) is 7.05. The summed E-state index contributed by atoms with van der Waals surface area (Å²) in [4.78, 5) is 4.73. The number of nitriles is 1. The minimum atomic E-state index is 0.613. The molecule has 0 aromatic heterocycles. The van der Waals surface area contributed by atoms with Gasteiger partial charge in [0.1, 0.15) is 0 Å². The number of hydrogen-bond acceptors (Lipinski definition) is 3. The normalized spacial score (nSPS) is 19.8. The molecule has 1 atom stereocenters. The maximum Gasteiger partial charge on any atom is 0.0992 e. The van der Waals surface area contributed by atoms with E-state index in [-0.39, 0.29) is 0 Å². The summed E-state index contributed by atoms with van der Waals surface area (Å²) in [5, 5.41) is 9.56. The van der Waals surface area contributed by atoms with Crippen LogP contribution in [0.3, 0.4) is 0 Å². The van der Waals surface area contributed by atoms with Crippen LogP contribution < -0.4 is 0 Å². The molecule has 1 saturated heterocycles. The van der Waals surface area contributed by atoms with Gasteiger partial charge in [0.05, 0.1) is 11.6 Å². The van der Waals surface area contributed by atoms with E-state index in [0.29, 0.717) is 16.6 Å². The molecule has 1 unspecified atom stereocenters. The fourth-order valence-corrected chi connectivity index (χ4v) is 2.94. The van der Waals surface area contributed by atoms with E-state index in [1.54, 1.807) is 6.07 Å².